The first kappa shape index (κ1) is 20.2. The zero-order valence-corrected chi connectivity index (χ0v) is 17.3. The molecule has 2 aromatic heterocycles. The molecule has 0 bridgehead atoms. The normalized spacial score (nSPS) is 10.7. The number of carbonyl (C=O) groups is 1. The van der Waals surface area contributed by atoms with E-state index < -0.39 is 11.7 Å². The van der Waals surface area contributed by atoms with Gasteiger partial charge >= 0.3 is 0 Å². The van der Waals surface area contributed by atoms with Crippen molar-refractivity contribution in [3.05, 3.63) is 89.5 Å². The Hall–Kier alpha value is -4.07. The van der Waals surface area contributed by atoms with E-state index in [4.69, 9.17) is 4.74 Å². The van der Waals surface area contributed by atoms with Crippen molar-refractivity contribution in [2.24, 2.45) is 0 Å². The van der Waals surface area contributed by atoms with Crippen LogP contribution in [-0.2, 0) is 0 Å². The first-order valence-electron chi connectivity index (χ1n) is 9.61. The molecule has 0 radical (unpaired) electrons. The molecular weight excluding hydrogens is 397 g/mol. The Kier molecular flexibility index (Phi) is 5.44. The highest BCUT2D eigenvalue weighted by Gasteiger charge is 2.12. The lowest BCUT2D eigenvalue weighted by atomic mass is 10.2. The molecule has 156 valence electrons. The third-order valence-corrected chi connectivity index (χ3v) is 4.75. The average molecular weight is 417 g/mol. The van der Waals surface area contributed by atoms with Gasteiger partial charge < -0.3 is 10.1 Å². The van der Waals surface area contributed by atoms with Gasteiger partial charge in [0.15, 0.2) is 0 Å². The molecule has 0 aliphatic heterocycles. The van der Waals surface area contributed by atoms with Gasteiger partial charge in [-0.2, -0.15) is 4.98 Å². The molecule has 4 aromatic rings. The van der Waals surface area contributed by atoms with Crippen LogP contribution >= 0.6 is 0 Å². The van der Waals surface area contributed by atoms with Gasteiger partial charge in [0.2, 0.25) is 5.88 Å². The molecule has 7 nitrogen and oxygen atoms in total. The minimum Gasteiger partial charge on any atom is -0.439 e. The van der Waals surface area contributed by atoms with E-state index in [0.29, 0.717) is 29.0 Å². The van der Waals surface area contributed by atoms with Gasteiger partial charge in [-0.25, -0.2) is 14.4 Å². The molecule has 0 aliphatic rings. The maximum absolute atomic E-state index is 13.8. The summed E-state index contributed by atoms with van der Waals surface area (Å²) in [4.78, 5) is 25.3. The average Bonchev–Trinajstić information content (AvgIpc) is 3.08. The summed E-state index contributed by atoms with van der Waals surface area (Å²) in [6.45, 7) is 5.69. The van der Waals surface area contributed by atoms with Crippen molar-refractivity contribution in [1.82, 2.24) is 19.5 Å². The third kappa shape index (κ3) is 4.42. The number of rotatable bonds is 5. The summed E-state index contributed by atoms with van der Waals surface area (Å²) >= 11 is 0. The van der Waals surface area contributed by atoms with Crippen LogP contribution < -0.4 is 10.1 Å². The molecule has 1 N–H and O–H groups in total. The zero-order valence-electron chi connectivity index (χ0n) is 17.3. The van der Waals surface area contributed by atoms with Crippen LogP contribution in [0.5, 0.6) is 11.6 Å². The lowest BCUT2D eigenvalue weighted by Crippen LogP contribution is -2.13. The van der Waals surface area contributed by atoms with E-state index in [2.05, 4.69) is 20.3 Å². The number of anilines is 1. The Morgan fingerprint density at radius 3 is 2.45 bits per heavy atom. The molecule has 2 aromatic carbocycles. The van der Waals surface area contributed by atoms with Gasteiger partial charge in [-0.3, -0.25) is 9.36 Å². The summed E-state index contributed by atoms with van der Waals surface area (Å²) < 4.78 is 21.5. The number of carbonyl (C=O) groups excluding carboxylic acids is 1. The van der Waals surface area contributed by atoms with Crippen LogP contribution in [0.15, 0.2) is 60.9 Å². The number of amides is 1. The second-order valence-electron chi connectivity index (χ2n) is 6.96. The summed E-state index contributed by atoms with van der Waals surface area (Å²) in [6.07, 6.45) is 1.71. The summed E-state index contributed by atoms with van der Waals surface area (Å²) in [7, 11) is 0. The summed E-state index contributed by atoms with van der Waals surface area (Å²) in [5.74, 6) is 1.05. The lowest BCUT2D eigenvalue weighted by Gasteiger charge is -2.10. The highest BCUT2D eigenvalue weighted by atomic mass is 19.1. The van der Waals surface area contributed by atoms with Gasteiger partial charge in [0.05, 0.1) is 11.3 Å². The molecular formula is C23H20FN5O2. The second kappa shape index (κ2) is 8.35. The van der Waals surface area contributed by atoms with E-state index >= 15 is 0 Å². The van der Waals surface area contributed by atoms with E-state index in [0.717, 1.165) is 11.4 Å². The predicted octanol–water partition coefficient (Wildman–Crippen LogP) is 4.77. The van der Waals surface area contributed by atoms with Crippen molar-refractivity contribution >= 4 is 11.6 Å². The van der Waals surface area contributed by atoms with Crippen molar-refractivity contribution in [2.45, 2.75) is 20.8 Å². The first-order valence-corrected chi connectivity index (χ1v) is 9.61. The molecule has 0 saturated heterocycles. The van der Waals surface area contributed by atoms with Crippen molar-refractivity contribution in [3.63, 3.8) is 0 Å². The van der Waals surface area contributed by atoms with Gasteiger partial charge in [0, 0.05) is 17.4 Å². The number of ether oxygens (including phenoxy) is 1. The van der Waals surface area contributed by atoms with Crippen LogP contribution in [0, 0.1) is 26.6 Å². The van der Waals surface area contributed by atoms with Crippen molar-refractivity contribution in [3.8, 4) is 17.4 Å². The number of halogens is 1. The molecule has 31 heavy (non-hydrogen) atoms. The number of benzene rings is 2. The maximum Gasteiger partial charge on any atom is 0.258 e. The van der Waals surface area contributed by atoms with E-state index in [1.807, 2.05) is 18.4 Å². The second-order valence-corrected chi connectivity index (χ2v) is 6.96. The summed E-state index contributed by atoms with van der Waals surface area (Å²) in [6, 6.07) is 14.3. The number of imidazole rings is 1. The molecule has 0 saturated carbocycles. The zero-order chi connectivity index (χ0) is 22.0. The smallest absolute Gasteiger partial charge is 0.258 e. The number of aromatic nitrogens is 4. The Bertz CT molecular complexity index is 1250. The Labute approximate surface area is 178 Å². The van der Waals surface area contributed by atoms with Crippen LogP contribution in [0.3, 0.4) is 0 Å². The fourth-order valence-corrected chi connectivity index (χ4v) is 3.00. The van der Waals surface area contributed by atoms with E-state index in [1.165, 1.54) is 18.2 Å². The van der Waals surface area contributed by atoms with Crippen molar-refractivity contribution in [2.75, 3.05) is 5.32 Å². The van der Waals surface area contributed by atoms with Crippen LogP contribution in [0.1, 0.15) is 27.6 Å². The number of nitrogens with one attached hydrogen (secondary N) is 1. The van der Waals surface area contributed by atoms with Gasteiger partial charge in [0.25, 0.3) is 5.91 Å². The fraction of sp³-hybridized carbons (Fsp3) is 0.130. The Balaban J connectivity index is 1.50. The monoisotopic (exact) mass is 417 g/mol. The van der Waals surface area contributed by atoms with Gasteiger partial charge in [-0.1, -0.05) is 12.1 Å². The third-order valence-electron chi connectivity index (χ3n) is 4.75. The Morgan fingerprint density at radius 2 is 1.77 bits per heavy atom. The molecule has 0 fully saturated rings. The maximum atomic E-state index is 13.8. The molecule has 0 unspecified atom stereocenters. The molecule has 4 rings (SSSR count). The van der Waals surface area contributed by atoms with Crippen LogP contribution in [-0.4, -0.2) is 25.4 Å². The molecule has 2 heterocycles. The predicted molar refractivity (Wildman–Crippen MR) is 114 cm³/mol. The quantitative estimate of drug-likeness (QED) is 0.506. The van der Waals surface area contributed by atoms with Crippen LogP contribution in [0.25, 0.3) is 5.82 Å². The largest absolute Gasteiger partial charge is 0.439 e. The molecule has 0 spiro atoms. The highest BCUT2D eigenvalue weighted by Crippen LogP contribution is 2.24. The molecule has 0 aliphatic carbocycles. The molecule has 0 atom stereocenters. The minimum absolute atomic E-state index is 0.0168. The van der Waals surface area contributed by atoms with E-state index in [9.17, 15) is 9.18 Å². The van der Waals surface area contributed by atoms with Crippen LogP contribution in [0.4, 0.5) is 10.1 Å². The van der Waals surface area contributed by atoms with Gasteiger partial charge in [0.1, 0.15) is 29.5 Å². The van der Waals surface area contributed by atoms with Crippen LogP contribution in [0.2, 0.25) is 0 Å². The number of hydrogen-bond acceptors (Lipinski definition) is 5. The molecule has 1 amide bonds. The summed E-state index contributed by atoms with van der Waals surface area (Å²) in [5.41, 5.74) is 2.41. The lowest BCUT2D eigenvalue weighted by molar-refractivity contribution is 0.102. The standard InChI is InChI=1S/C23H20FN5O2/c1-14-15(2)29(13-25-14)21-12-22(27-16(3)26-21)31-18-10-8-17(9-11-18)28-23(30)19-6-4-5-7-20(19)24/h4-13H,1-3H3,(H,28,30). The van der Waals surface area contributed by atoms with Gasteiger partial charge in [-0.15, -0.1) is 0 Å². The summed E-state index contributed by atoms with van der Waals surface area (Å²) in [5, 5.41) is 2.67. The SMILES string of the molecule is Cc1nc(Oc2ccc(NC(=O)c3ccccc3F)cc2)cc(-n2cnc(C)c2C)n1. The fourth-order valence-electron chi connectivity index (χ4n) is 3.00. The van der Waals surface area contributed by atoms with Gasteiger partial charge in [-0.05, 0) is 57.2 Å². The van der Waals surface area contributed by atoms with E-state index in [1.54, 1.807) is 49.6 Å². The van der Waals surface area contributed by atoms with Crippen molar-refractivity contribution in [1.29, 1.82) is 0 Å². The first-order chi connectivity index (χ1) is 14.9. The minimum atomic E-state index is -0.571. The van der Waals surface area contributed by atoms with E-state index in [-0.39, 0.29) is 5.56 Å². The topological polar surface area (TPSA) is 81.9 Å². The molecule has 8 heteroatoms. The van der Waals surface area contributed by atoms with Crippen molar-refractivity contribution < 1.29 is 13.9 Å². The number of aryl methyl sites for hydroxylation is 2. The Morgan fingerprint density at radius 1 is 1.03 bits per heavy atom. The number of hydrogen-bond donors (Lipinski definition) is 1. The highest BCUT2D eigenvalue weighted by molar-refractivity contribution is 6.04. The number of nitrogens with zero attached hydrogens (tertiary/aromatic N) is 4.